The number of thiazole rings is 1. The number of hydrogen-bond donors (Lipinski definition) is 1. The highest BCUT2D eigenvalue weighted by molar-refractivity contribution is 7.16. The van der Waals surface area contributed by atoms with Gasteiger partial charge in [0.2, 0.25) is 0 Å². The summed E-state index contributed by atoms with van der Waals surface area (Å²) in [6.45, 7) is 3.62. The van der Waals surface area contributed by atoms with Crippen molar-refractivity contribution in [3.63, 3.8) is 0 Å². The molecule has 0 radical (unpaired) electrons. The molecule has 0 saturated carbocycles. The molecule has 0 aliphatic carbocycles. The molecular weight excluding hydrogens is 388 g/mol. The number of fused-ring (bicyclic) bond motifs is 1. The summed E-state index contributed by atoms with van der Waals surface area (Å²) < 4.78 is 1.18. The fourth-order valence-corrected chi connectivity index (χ4v) is 4.90. The van der Waals surface area contributed by atoms with E-state index >= 15 is 0 Å². The van der Waals surface area contributed by atoms with Gasteiger partial charge < -0.3 is 5.32 Å². The van der Waals surface area contributed by atoms with Crippen LogP contribution in [0.25, 0.3) is 10.2 Å². The molecule has 2 saturated heterocycles. The van der Waals surface area contributed by atoms with Crippen LogP contribution in [0.2, 0.25) is 0 Å². The average molecular weight is 408 g/mol. The van der Waals surface area contributed by atoms with E-state index in [1.807, 2.05) is 5.51 Å². The van der Waals surface area contributed by atoms with E-state index in [1.165, 1.54) is 29.0 Å². The van der Waals surface area contributed by atoms with Gasteiger partial charge >= 0.3 is 6.03 Å². The predicted octanol–water partition coefficient (Wildman–Crippen LogP) is 2.74. The van der Waals surface area contributed by atoms with Crippen LogP contribution in [0.5, 0.6) is 0 Å². The maximum atomic E-state index is 13.1. The number of piperidine rings is 1. The number of aromatic nitrogens is 3. The third-order valence-electron chi connectivity index (χ3n) is 6.00. The van der Waals surface area contributed by atoms with Gasteiger partial charge in [0.25, 0.3) is 5.91 Å². The summed E-state index contributed by atoms with van der Waals surface area (Å²) in [7, 11) is 0. The van der Waals surface area contributed by atoms with Gasteiger partial charge in [-0.25, -0.2) is 24.6 Å². The number of benzene rings is 1. The first-order chi connectivity index (χ1) is 14.1. The second kappa shape index (κ2) is 6.85. The lowest BCUT2D eigenvalue weighted by atomic mass is 9.86. The number of anilines is 1. The number of carbonyl (C=O) groups is 2. The number of rotatable bonds is 3. The van der Waals surface area contributed by atoms with Crippen molar-refractivity contribution < 1.29 is 9.59 Å². The van der Waals surface area contributed by atoms with Gasteiger partial charge in [0, 0.05) is 19.1 Å². The van der Waals surface area contributed by atoms with Gasteiger partial charge in [-0.15, -0.1) is 11.3 Å². The zero-order valence-electron chi connectivity index (χ0n) is 15.9. The van der Waals surface area contributed by atoms with Crippen molar-refractivity contribution in [3.05, 3.63) is 48.0 Å². The van der Waals surface area contributed by atoms with Crippen LogP contribution < -0.4 is 10.2 Å². The molecule has 1 aromatic carbocycles. The molecule has 3 amide bonds. The summed E-state index contributed by atoms with van der Waals surface area (Å²) >= 11 is 1.64. The van der Waals surface area contributed by atoms with E-state index in [0.29, 0.717) is 18.5 Å². The fraction of sp³-hybridized carbons (Fsp3) is 0.350. The highest BCUT2D eigenvalue weighted by Crippen LogP contribution is 2.35. The minimum atomic E-state index is -0.845. The van der Waals surface area contributed by atoms with Crippen molar-refractivity contribution in [2.24, 2.45) is 0 Å². The Morgan fingerprint density at radius 2 is 1.93 bits per heavy atom. The standard InChI is InChI=1S/C20H20N6O2S/c1-13(14-2-3-17-16(8-14)23-12-29-17)25-6-4-20(5-7-25)18(27)26(19(28)24-20)15-9-21-11-22-10-15/h2-3,8-13H,4-7H2,1H3,(H,24,28). The molecule has 0 bridgehead atoms. The number of imide groups is 1. The van der Waals surface area contributed by atoms with Crippen LogP contribution >= 0.6 is 11.3 Å². The molecule has 1 unspecified atom stereocenters. The summed E-state index contributed by atoms with van der Waals surface area (Å²) in [5, 5.41) is 2.93. The SMILES string of the molecule is CC(c1ccc2scnc2c1)N1CCC2(CC1)NC(=O)N(c1cncnc1)C2=O. The Bertz CT molecular complexity index is 1080. The largest absolute Gasteiger partial charge is 0.329 e. The van der Waals surface area contributed by atoms with Crippen LogP contribution in [0, 0.1) is 0 Å². The summed E-state index contributed by atoms with van der Waals surface area (Å²) in [6, 6.07) is 6.21. The Kier molecular flexibility index (Phi) is 4.29. The highest BCUT2D eigenvalue weighted by atomic mass is 32.1. The van der Waals surface area contributed by atoms with Gasteiger partial charge in [-0.3, -0.25) is 9.69 Å². The Morgan fingerprint density at radius 1 is 1.17 bits per heavy atom. The minimum absolute atomic E-state index is 0.212. The third kappa shape index (κ3) is 2.97. The molecular formula is C20H20N6O2S. The monoisotopic (exact) mass is 408 g/mol. The van der Waals surface area contributed by atoms with Crippen LogP contribution in [0.1, 0.15) is 31.4 Å². The van der Waals surface area contributed by atoms with Gasteiger partial charge in [-0.2, -0.15) is 0 Å². The summed E-state index contributed by atoms with van der Waals surface area (Å²) in [4.78, 5) is 41.4. The van der Waals surface area contributed by atoms with Gasteiger partial charge in [-0.05, 0) is 37.5 Å². The van der Waals surface area contributed by atoms with Gasteiger partial charge in [-0.1, -0.05) is 6.07 Å². The van der Waals surface area contributed by atoms with E-state index in [0.717, 1.165) is 23.5 Å². The molecule has 5 rings (SSSR count). The maximum absolute atomic E-state index is 13.1. The molecule has 8 nitrogen and oxygen atoms in total. The molecule has 3 aromatic rings. The van der Waals surface area contributed by atoms with Crippen LogP contribution in [0.3, 0.4) is 0 Å². The Balaban J connectivity index is 1.32. The van der Waals surface area contributed by atoms with Crippen molar-refractivity contribution >= 4 is 39.2 Å². The number of hydrogen-bond acceptors (Lipinski definition) is 7. The second-order valence-corrected chi connectivity index (χ2v) is 8.43. The van der Waals surface area contributed by atoms with E-state index in [4.69, 9.17) is 0 Å². The van der Waals surface area contributed by atoms with E-state index < -0.39 is 11.6 Å². The van der Waals surface area contributed by atoms with Gasteiger partial charge in [0.05, 0.1) is 33.8 Å². The van der Waals surface area contributed by atoms with Gasteiger partial charge in [0.1, 0.15) is 11.9 Å². The summed E-state index contributed by atoms with van der Waals surface area (Å²) in [5.74, 6) is -0.214. The number of nitrogens with one attached hydrogen (secondary N) is 1. The predicted molar refractivity (Wildman–Crippen MR) is 110 cm³/mol. The number of nitrogens with zero attached hydrogens (tertiary/aromatic N) is 5. The summed E-state index contributed by atoms with van der Waals surface area (Å²) in [5.41, 5.74) is 3.65. The van der Waals surface area contributed by atoms with Crippen LogP contribution in [0.15, 0.2) is 42.4 Å². The van der Waals surface area contributed by atoms with Crippen molar-refractivity contribution in [3.8, 4) is 0 Å². The topological polar surface area (TPSA) is 91.3 Å². The normalized spacial score (nSPS) is 20.4. The molecule has 2 aromatic heterocycles. The number of likely N-dealkylation sites (tertiary alicyclic amines) is 1. The lowest BCUT2D eigenvalue weighted by Crippen LogP contribution is -2.55. The van der Waals surface area contributed by atoms with Crippen molar-refractivity contribution in [2.75, 3.05) is 18.0 Å². The second-order valence-electron chi connectivity index (χ2n) is 7.54. The highest BCUT2D eigenvalue weighted by Gasteiger charge is 2.53. The molecule has 1 atom stereocenters. The molecule has 2 aliphatic rings. The first kappa shape index (κ1) is 18.1. The van der Waals surface area contributed by atoms with Crippen LogP contribution in [-0.2, 0) is 4.79 Å². The molecule has 2 fully saturated rings. The maximum Gasteiger partial charge on any atom is 0.329 e. The molecule has 29 heavy (non-hydrogen) atoms. The van der Waals surface area contributed by atoms with Crippen LogP contribution in [-0.4, -0.2) is 50.4 Å². The fourth-order valence-electron chi connectivity index (χ4n) is 4.24. The van der Waals surface area contributed by atoms with Crippen LogP contribution in [0.4, 0.5) is 10.5 Å². The lowest BCUT2D eigenvalue weighted by Gasteiger charge is -2.40. The zero-order chi connectivity index (χ0) is 20.0. The molecule has 1 N–H and O–H groups in total. The van der Waals surface area contributed by atoms with E-state index in [1.54, 1.807) is 11.3 Å². The third-order valence-corrected chi connectivity index (χ3v) is 6.81. The Hall–Kier alpha value is -2.91. The molecule has 2 aliphatic heterocycles. The van der Waals surface area contributed by atoms with Crippen molar-refractivity contribution in [1.29, 1.82) is 0 Å². The lowest BCUT2D eigenvalue weighted by molar-refractivity contribution is -0.124. The Labute approximate surface area is 171 Å². The number of carbonyl (C=O) groups excluding carboxylic acids is 2. The van der Waals surface area contributed by atoms with Crippen molar-refractivity contribution in [2.45, 2.75) is 31.3 Å². The van der Waals surface area contributed by atoms with E-state index in [9.17, 15) is 9.59 Å². The first-order valence-electron chi connectivity index (χ1n) is 9.56. The quantitative estimate of drug-likeness (QED) is 0.670. The molecule has 1 spiro atoms. The molecule has 148 valence electrons. The number of amides is 3. The van der Waals surface area contributed by atoms with Crippen molar-refractivity contribution in [1.82, 2.24) is 25.2 Å². The minimum Gasteiger partial charge on any atom is -0.323 e. The average Bonchev–Trinajstić information content (AvgIpc) is 3.31. The molecule has 4 heterocycles. The first-order valence-corrected chi connectivity index (χ1v) is 10.4. The smallest absolute Gasteiger partial charge is 0.323 e. The summed E-state index contributed by atoms with van der Waals surface area (Å²) in [6.07, 6.45) is 5.49. The zero-order valence-corrected chi connectivity index (χ0v) is 16.7. The van der Waals surface area contributed by atoms with E-state index in [-0.39, 0.29) is 11.9 Å². The number of urea groups is 1. The molecule has 9 heteroatoms. The van der Waals surface area contributed by atoms with E-state index in [2.05, 4.69) is 50.3 Å². The van der Waals surface area contributed by atoms with Gasteiger partial charge in [0.15, 0.2) is 0 Å². The Morgan fingerprint density at radius 3 is 2.69 bits per heavy atom.